The van der Waals surface area contributed by atoms with Crippen molar-refractivity contribution in [3.63, 3.8) is 0 Å². The Balaban J connectivity index is 1.78. The number of amides is 2. The molecule has 5 nitrogen and oxygen atoms in total. The Morgan fingerprint density at radius 2 is 1.91 bits per heavy atom. The first-order valence-electron chi connectivity index (χ1n) is 7.97. The number of benzene rings is 1. The van der Waals surface area contributed by atoms with Crippen LogP contribution in [0.3, 0.4) is 0 Å². The molecule has 1 aliphatic rings. The van der Waals surface area contributed by atoms with Crippen LogP contribution >= 0.6 is 0 Å². The third kappa shape index (κ3) is 4.76. The van der Waals surface area contributed by atoms with E-state index in [0.29, 0.717) is 30.4 Å². The second-order valence-corrected chi connectivity index (χ2v) is 5.57. The number of nitrogens with one attached hydrogen (secondary N) is 2. The fourth-order valence-electron chi connectivity index (χ4n) is 2.73. The summed E-state index contributed by atoms with van der Waals surface area (Å²) in [4.78, 5) is 23.9. The zero-order chi connectivity index (χ0) is 15.8. The van der Waals surface area contributed by atoms with E-state index in [-0.39, 0.29) is 18.4 Å². The summed E-state index contributed by atoms with van der Waals surface area (Å²) < 4.78 is 5.42. The normalized spacial score (nSPS) is 14.6. The lowest BCUT2D eigenvalue weighted by molar-refractivity contribution is -0.120. The van der Waals surface area contributed by atoms with Gasteiger partial charge in [0.1, 0.15) is 5.75 Å². The minimum Gasteiger partial charge on any atom is -0.493 e. The van der Waals surface area contributed by atoms with E-state index in [9.17, 15) is 9.59 Å². The highest BCUT2D eigenvalue weighted by atomic mass is 16.5. The van der Waals surface area contributed by atoms with Crippen molar-refractivity contribution in [3.05, 3.63) is 29.8 Å². The monoisotopic (exact) mass is 304 g/mol. The van der Waals surface area contributed by atoms with E-state index in [0.717, 1.165) is 0 Å². The smallest absolute Gasteiger partial charge is 0.255 e. The van der Waals surface area contributed by atoms with Crippen LogP contribution < -0.4 is 15.4 Å². The van der Waals surface area contributed by atoms with E-state index in [1.54, 1.807) is 18.2 Å². The highest BCUT2D eigenvalue weighted by Gasteiger charge is 2.16. The first-order valence-corrected chi connectivity index (χ1v) is 7.97. The minimum atomic E-state index is -0.292. The Morgan fingerprint density at radius 3 is 2.64 bits per heavy atom. The quantitative estimate of drug-likeness (QED) is 0.811. The topological polar surface area (TPSA) is 67.4 Å². The van der Waals surface area contributed by atoms with Crippen LogP contribution in [0.1, 0.15) is 43.0 Å². The number of ether oxygens (including phenoxy) is 1. The van der Waals surface area contributed by atoms with Crippen LogP contribution in [0.4, 0.5) is 0 Å². The van der Waals surface area contributed by atoms with Gasteiger partial charge in [0.15, 0.2) is 0 Å². The van der Waals surface area contributed by atoms with Gasteiger partial charge in [0, 0.05) is 6.54 Å². The molecule has 0 spiro atoms. The summed E-state index contributed by atoms with van der Waals surface area (Å²) in [5.41, 5.74) is 0.452. The summed E-state index contributed by atoms with van der Waals surface area (Å²) in [6.45, 7) is 3.06. The maximum Gasteiger partial charge on any atom is 0.255 e. The average molecular weight is 304 g/mol. The van der Waals surface area contributed by atoms with Gasteiger partial charge >= 0.3 is 0 Å². The molecule has 5 heteroatoms. The van der Waals surface area contributed by atoms with Gasteiger partial charge in [0.05, 0.1) is 18.7 Å². The highest BCUT2D eigenvalue weighted by molar-refractivity contribution is 5.98. The third-order valence-electron chi connectivity index (χ3n) is 3.90. The summed E-state index contributed by atoms with van der Waals surface area (Å²) in [7, 11) is 0. The number of carbonyl (C=O) groups is 2. The van der Waals surface area contributed by atoms with E-state index >= 15 is 0 Å². The van der Waals surface area contributed by atoms with Crippen molar-refractivity contribution in [2.75, 3.05) is 19.7 Å². The van der Waals surface area contributed by atoms with Gasteiger partial charge in [-0.2, -0.15) is 0 Å². The van der Waals surface area contributed by atoms with Crippen LogP contribution in [0.15, 0.2) is 24.3 Å². The SMILES string of the molecule is CCOc1ccccc1C(=O)NCC(=O)NCC1CCCC1. The van der Waals surface area contributed by atoms with Crippen molar-refractivity contribution >= 4 is 11.8 Å². The lowest BCUT2D eigenvalue weighted by Crippen LogP contribution is -2.38. The van der Waals surface area contributed by atoms with E-state index in [1.165, 1.54) is 25.7 Å². The van der Waals surface area contributed by atoms with Gasteiger partial charge < -0.3 is 15.4 Å². The molecule has 0 aromatic heterocycles. The molecule has 0 aliphatic heterocycles. The van der Waals surface area contributed by atoms with Gasteiger partial charge in [-0.1, -0.05) is 25.0 Å². The lowest BCUT2D eigenvalue weighted by atomic mass is 10.1. The van der Waals surface area contributed by atoms with Gasteiger partial charge in [0.2, 0.25) is 5.91 Å². The van der Waals surface area contributed by atoms with Crippen LogP contribution in [0, 0.1) is 5.92 Å². The molecule has 120 valence electrons. The summed E-state index contributed by atoms with van der Waals surface area (Å²) in [6.07, 6.45) is 4.89. The molecule has 0 heterocycles. The van der Waals surface area contributed by atoms with E-state index < -0.39 is 0 Å². The summed E-state index contributed by atoms with van der Waals surface area (Å²) in [6, 6.07) is 7.03. The van der Waals surface area contributed by atoms with Crippen LogP contribution in [0.5, 0.6) is 5.75 Å². The standard InChI is InChI=1S/C17H24N2O3/c1-2-22-15-10-6-5-9-14(15)17(21)19-12-16(20)18-11-13-7-3-4-8-13/h5-6,9-10,13H,2-4,7-8,11-12H2,1H3,(H,18,20)(H,19,21). The molecule has 22 heavy (non-hydrogen) atoms. The molecule has 1 aliphatic carbocycles. The van der Waals surface area contributed by atoms with E-state index in [4.69, 9.17) is 4.74 Å². The molecule has 0 radical (unpaired) electrons. The number of rotatable bonds is 7. The van der Waals surface area contributed by atoms with Gasteiger partial charge in [-0.05, 0) is 37.8 Å². The predicted octanol–water partition coefficient (Wildman–Crippen LogP) is 2.12. The molecule has 2 rings (SSSR count). The second kappa shape index (κ2) is 8.41. The van der Waals surface area contributed by atoms with Crippen molar-refractivity contribution in [2.24, 2.45) is 5.92 Å². The van der Waals surface area contributed by atoms with Crippen LogP contribution in [0.2, 0.25) is 0 Å². The maximum absolute atomic E-state index is 12.1. The Morgan fingerprint density at radius 1 is 1.18 bits per heavy atom. The molecule has 1 saturated carbocycles. The number of carbonyl (C=O) groups excluding carboxylic acids is 2. The lowest BCUT2D eigenvalue weighted by Gasteiger charge is -2.12. The highest BCUT2D eigenvalue weighted by Crippen LogP contribution is 2.23. The summed E-state index contributed by atoms with van der Waals surface area (Å²) in [5, 5.41) is 5.53. The molecule has 0 bridgehead atoms. The van der Waals surface area contributed by atoms with Gasteiger partial charge in [-0.15, -0.1) is 0 Å². The molecule has 2 amide bonds. The molecule has 1 fully saturated rings. The molecule has 1 aromatic rings. The van der Waals surface area contributed by atoms with Crippen LogP contribution in [-0.2, 0) is 4.79 Å². The Kier molecular flexibility index (Phi) is 6.25. The molecule has 0 atom stereocenters. The molecular formula is C17H24N2O3. The van der Waals surface area contributed by atoms with Crippen molar-refractivity contribution in [2.45, 2.75) is 32.6 Å². The molecule has 0 saturated heterocycles. The Labute approximate surface area is 131 Å². The zero-order valence-electron chi connectivity index (χ0n) is 13.1. The Bertz CT molecular complexity index is 510. The number of para-hydroxylation sites is 1. The first-order chi connectivity index (χ1) is 10.7. The van der Waals surface area contributed by atoms with Crippen molar-refractivity contribution < 1.29 is 14.3 Å². The first kappa shape index (κ1) is 16.3. The van der Waals surface area contributed by atoms with Crippen LogP contribution in [0.25, 0.3) is 0 Å². The van der Waals surface area contributed by atoms with Crippen molar-refractivity contribution in [1.29, 1.82) is 0 Å². The van der Waals surface area contributed by atoms with Gasteiger partial charge in [0.25, 0.3) is 5.91 Å². The molecule has 2 N–H and O–H groups in total. The van der Waals surface area contributed by atoms with E-state index in [2.05, 4.69) is 10.6 Å². The molecule has 0 unspecified atom stereocenters. The molecular weight excluding hydrogens is 280 g/mol. The number of hydrogen-bond donors (Lipinski definition) is 2. The zero-order valence-corrected chi connectivity index (χ0v) is 13.1. The van der Waals surface area contributed by atoms with E-state index in [1.807, 2.05) is 13.0 Å². The minimum absolute atomic E-state index is 0.00792. The fourth-order valence-corrected chi connectivity index (χ4v) is 2.73. The second-order valence-electron chi connectivity index (χ2n) is 5.57. The average Bonchev–Trinajstić information content (AvgIpc) is 3.05. The van der Waals surface area contributed by atoms with Crippen molar-refractivity contribution in [1.82, 2.24) is 10.6 Å². The van der Waals surface area contributed by atoms with Gasteiger partial charge in [-0.25, -0.2) is 0 Å². The van der Waals surface area contributed by atoms with Gasteiger partial charge in [-0.3, -0.25) is 9.59 Å². The predicted molar refractivity (Wildman–Crippen MR) is 84.9 cm³/mol. The largest absolute Gasteiger partial charge is 0.493 e. The fraction of sp³-hybridized carbons (Fsp3) is 0.529. The third-order valence-corrected chi connectivity index (χ3v) is 3.90. The number of hydrogen-bond acceptors (Lipinski definition) is 3. The summed E-state index contributed by atoms with van der Waals surface area (Å²) >= 11 is 0. The van der Waals surface area contributed by atoms with Crippen molar-refractivity contribution in [3.8, 4) is 5.75 Å². The molecule has 1 aromatic carbocycles. The Hall–Kier alpha value is -2.04. The summed E-state index contributed by atoms with van der Waals surface area (Å²) in [5.74, 6) is 0.696. The maximum atomic E-state index is 12.1. The van der Waals surface area contributed by atoms with Crippen LogP contribution in [-0.4, -0.2) is 31.5 Å².